The minimum absolute atomic E-state index is 0.0646. The van der Waals surface area contributed by atoms with Gasteiger partial charge in [0, 0.05) is 12.6 Å². The van der Waals surface area contributed by atoms with Gasteiger partial charge in [0.2, 0.25) is 5.91 Å². The molecule has 1 aromatic carbocycles. The van der Waals surface area contributed by atoms with Crippen LogP contribution in [-0.2, 0) is 22.6 Å². The van der Waals surface area contributed by atoms with Crippen molar-refractivity contribution in [1.29, 1.82) is 0 Å². The lowest BCUT2D eigenvalue weighted by Gasteiger charge is -2.26. The minimum Gasteiger partial charge on any atom is -0.481 e. The molecule has 0 radical (unpaired) electrons. The summed E-state index contributed by atoms with van der Waals surface area (Å²) in [6.45, 7) is 0.687. The molecule has 1 aromatic rings. The molecule has 3 unspecified atom stereocenters. The zero-order valence-corrected chi connectivity index (χ0v) is 11.6. The largest absolute Gasteiger partial charge is 0.481 e. The van der Waals surface area contributed by atoms with Crippen molar-refractivity contribution in [2.45, 2.75) is 31.5 Å². The second kappa shape index (κ2) is 5.69. The van der Waals surface area contributed by atoms with Crippen LogP contribution in [0.3, 0.4) is 0 Å². The van der Waals surface area contributed by atoms with Crippen LogP contribution < -0.4 is 10.6 Å². The highest BCUT2D eigenvalue weighted by molar-refractivity contribution is 5.83. The molecule has 0 aromatic heterocycles. The second-order valence-electron chi connectivity index (χ2n) is 5.59. The number of fused-ring (bicyclic) bond motifs is 1. The molecule has 1 amide bonds. The van der Waals surface area contributed by atoms with Crippen molar-refractivity contribution in [3.63, 3.8) is 0 Å². The fraction of sp³-hybridized carbons (Fsp3) is 0.375. The molecule has 0 saturated carbocycles. The molecule has 0 fully saturated rings. The highest BCUT2D eigenvalue weighted by Gasteiger charge is 2.29. The molecule has 110 valence electrons. The van der Waals surface area contributed by atoms with Crippen LogP contribution in [0.2, 0.25) is 0 Å². The lowest BCUT2D eigenvalue weighted by Crippen LogP contribution is -2.50. The molecule has 1 heterocycles. The highest BCUT2D eigenvalue weighted by Crippen LogP contribution is 2.19. The summed E-state index contributed by atoms with van der Waals surface area (Å²) < 4.78 is 0. The maximum atomic E-state index is 12.3. The number of rotatable bonds is 3. The Morgan fingerprint density at radius 1 is 1.19 bits per heavy atom. The zero-order valence-electron chi connectivity index (χ0n) is 11.6. The van der Waals surface area contributed by atoms with E-state index in [1.54, 1.807) is 12.2 Å². The Labute approximate surface area is 123 Å². The van der Waals surface area contributed by atoms with Crippen LogP contribution in [0, 0.1) is 5.92 Å². The van der Waals surface area contributed by atoms with E-state index in [0.717, 1.165) is 0 Å². The molecule has 0 saturated heterocycles. The molecule has 2 aliphatic rings. The molecule has 1 aliphatic heterocycles. The smallest absolute Gasteiger partial charge is 0.310 e. The Kier molecular flexibility index (Phi) is 3.75. The first-order chi connectivity index (χ1) is 10.1. The molecule has 0 bridgehead atoms. The molecule has 1 aliphatic carbocycles. The molecule has 21 heavy (non-hydrogen) atoms. The standard InChI is InChI=1S/C16H18N2O3/c19-15(18-13-6-5-11(7-13)16(20)21)14-8-10-3-1-2-4-12(10)9-17-14/h1-6,11,13-14,17H,7-9H2,(H,18,19)(H,20,21). The predicted octanol–water partition coefficient (Wildman–Crippen LogP) is 0.846. The van der Waals surface area contributed by atoms with Gasteiger partial charge in [-0.3, -0.25) is 9.59 Å². The number of nitrogens with one attached hydrogen (secondary N) is 2. The third-order valence-electron chi connectivity index (χ3n) is 4.13. The van der Waals surface area contributed by atoms with Gasteiger partial charge in [-0.15, -0.1) is 0 Å². The van der Waals surface area contributed by atoms with Crippen LogP contribution in [0.4, 0.5) is 0 Å². The maximum Gasteiger partial charge on any atom is 0.310 e. The number of hydrogen-bond acceptors (Lipinski definition) is 3. The van der Waals surface area contributed by atoms with Gasteiger partial charge >= 0.3 is 5.97 Å². The van der Waals surface area contributed by atoms with Gasteiger partial charge in [-0.25, -0.2) is 0 Å². The average molecular weight is 286 g/mol. The first-order valence-electron chi connectivity index (χ1n) is 7.15. The fourth-order valence-corrected chi connectivity index (χ4v) is 2.91. The van der Waals surface area contributed by atoms with Crippen molar-refractivity contribution in [2.24, 2.45) is 5.92 Å². The Morgan fingerprint density at radius 3 is 2.67 bits per heavy atom. The Morgan fingerprint density at radius 2 is 1.95 bits per heavy atom. The van der Waals surface area contributed by atoms with Crippen molar-refractivity contribution < 1.29 is 14.7 Å². The summed E-state index contributed by atoms with van der Waals surface area (Å²) in [7, 11) is 0. The van der Waals surface area contributed by atoms with E-state index in [2.05, 4.69) is 16.7 Å². The van der Waals surface area contributed by atoms with Crippen LogP contribution in [0.5, 0.6) is 0 Å². The van der Waals surface area contributed by atoms with Gasteiger partial charge in [0.15, 0.2) is 0 Å². The molecular weight excluding hydrogens is 268 g/mol. The molecule has 3 atom stereocenters. The fourth-order valence-electron chi connectivity index (χ4n) is 2.91. The lowest BCUT2D eigenvalue weighted by molar-refractivity contribution is -0.140. The number of hydrogen-bond donors (Lipinski definition) is 3. The first kappa shape index (κ1) is 13.8. The zero-order chi connectivity index (χ0) is 14.8. The SMILES string of the molecule is O=C(O)C1C=CC(NC(=O)C2Cc3ccccc3CN2)C1. The summed E-state index contributed by atoms with van der Waals surface area (Å²) >= 11 is 0. The minimum atomic E-state index is -0.840. The third kappa shape index (κ3) is 2.97. The molecule has 3 rings (SSSR count). The second-order valence-corrected chi connectivity index (χ2v) is 5.59. The third-order valence-corrected chi connectivity index (χ3v) is 4.13. The Bertz CT molecular complexity index is 597. The van der Waals surface area contributed by atoms with Crippen molar-refractivity contribution in [3.05, 3.63) is 47.5 Å². The van der Waals surface area contributed by atoms with E-state index in [4.69, 9.17) is 5.11 Å². The van der Waals surface area contributed by atoms with E-state index in [0.29, 0.717) is 19.4 Å². The van der Waals surface area contributed by atoms with E-state index in [1.807, 2.05) is 18.2 Å². The van der Waals surface area contributed by atoms with Gasteiger partial charge in [-0.2, -0.15) is 0 Å². The van der Waals surface area contributed by atoms with Crippen LogP contribution in [0.1, 0.15) is 17.5 Å². The van der Waals surface area contributed by atoms with Gasteiger partial charge in [-0.05, 0) is 24.0 Å². The quantitative estimate of drug-likeness (QED) is 0.720. The van der Waals surface area contributed by atoms with Gasteiger partial charge in [0.05, 0.1) is 12.0 Å². The number of carbonyl (C=O) groups is 2. The number of carboxylic acids is 1. The molecule has 5 nitrogen and oxygen atoms in total. The molecule has 0 spiro atoms. The summed E-state index contributed by atoms with van der Waals surface area (Å²) in [5, 5.41) is 15.1. The van der Waals surface area contributed by atoms with E-state index >= 15 is 0 Å². The van der Waals surface area contributed by atoms with E-state index in [-0.39, 0.29) is 18.0 Å². The number of carbonyl (C=O) groups excluding carboxylic acids is 1. The van der Waals surface area contributed by atoms with Crippen LogP contribution in [-0.4, -0.2) is 29.1 Å². The first-order valence-corrected chi connectivity index (χ1v) is 7.15. The number of amides is 1. The van der Waals surface area contributed by atoms with Crippen LogP contribution in [0.15, 0.2) is 36.4 Å². The monoisotopic (exact) mass is 286 g/mol. The van der Waals surface area contributed by atoms with Crippen molar-refractivity contribution in [3.8, 4) is 0 Å². The molecule has 5 heteroatoms. The van der Waals surface area contributed by atoms with Crippen molar-refractivity contribution in [2.75, 3.05) is 0 Å². The Balaban J connectivity index is 1.58. The summed E-state index contributed by atoms with van der Waals surface area (Å²) in [4.78, 5) is 23.2. The molecular formula is C16H18N2O3. The summed E-state index contributed by atoms with van der Waals surface area (Å²) in [6, 6.07) is 7.65. The van der Waals surface area contributed by atoms with E-state index in [9.17, 15) is 9.59 Å². The summed E-state index contributed by atoms with van der Waals surface area (Å²) in [5.41, 5.74) is 2.43. The van der Waals surface area contributed by atoms with Gasteiger partial charge in [-0.1, -0.05) is 36.4 Å². The van der Waals surface area contributed by atoms with Crippen molar-refractivity contribution >= 4 is 11.9 Å². The summed E-state index contributed by atoms with van der Waals surface area (Å²) in [6.07, 6.45) is 4.52. The highest BCUT2D eigenvalue weighted by atomic mass is 16.4. The average Bonchev–Trinajstić information content (AvgIpc) is 2.95. The summed E-state index contributed by atoms with van der Waals surface area (Å²) in [5.74, 6) is -1.40. The number of aliphatic carboxylic acids is 1. The number of carboxylic acid groups (broad SMARTS) is 1. The Hall–Kier alpha value is -2.14. The van der Waals surface area contributed by atoms with Gasteiger partial charge in [0.1, 0.15) is 0 Å². The molecule has 3 N–H and O–H groups in total. The lowest BCUT2D eigenvalue weighted by atomic mass is 9.95. The van der Waals surface area contributed by atoms with Gasteiger partial charge < -0.3 is 15.7 Å². The van der Waals surface area contributed by atoms with Crippen LogP contribution >= 0.6 is 0 Å². The topological polar surface area (TPSA) is 78.4 Å². The normalized spacial score (nSPS) is 27.1. The van der Waals surface area contributed by atoms with Crippen LogP contribution in [0.25, 0.3) is 0 Å². The van der Waals surface area contributed by atoms with Crippen molar-refractivity contribution in [1.82, 2.24) is 10.6 Å². The van der Waals surface area contributed by atoms with E-state index < -0.39 is 11.9 Å². The maximum absolute atomic E-state index is 12.3. The number of benzene rings is 1. The predicted molar refractivity (Wildman–Crippen MR) is 77.6 cm³/mol. The van der Waals surface area contributed by atoms with E-state index in [1.165, 1.54) is 11.1 Å². The van der Waals surface area contributed by atoms with Gasteiger partial charge in [0.25, 0.3) is 0 Å².